The number of hydrogen-bond donors (Lipinski definition) is 2. The number of likely N-dealkylation sites (N-methyl/N-ethyl adjacent to an activating group) is 1. The van der Waals surface area contributed by atoms with Gasteiger partial charge in [0, 0.05) is 6.54 Å². The predicted octanol–water partition coefficient (Wildman–Crippen LogP) is 1.42. The summed E-state index contributed by atoms with van der Waals surface area (Å²) in [4.78, 5) is 13.5. The Balaban J connectivity index is 2.71. The van der Waals surface area contributed by atoms with Crippen LogP contribution in [-0.4, -0.2) is 23.9 Å². The summed E-state index contributed by atoms with van der Waals surface area (Å²) in [5.41, 5.74) is 3.01. The van der Waals surface area contributed by atoms with Crippen molar-refractivity contribution in [3.05, 3.63) is 35.6 Å². The van der Waals surface area contributed by atoms with Crippen LogP contribution in [0.5, 0.6) is 0 Å². The fourth-order valence-corrected chi connectivity index (χ4v) is 1.95. The van der Waals surface area contributed by atoms with Crippen LogP contribution in [0, 0.1) is 5.82 Å². The minimum absolute atomic E-state index is 0.212. The van der Waals surface area contributed by atoms with E-state index in [1.807, 2.05) is 24.9 Å². The quantitative estimate of drug-likeness (QED) is 0.458. The second-order valence-corrected chi connectivity index (χ2v) is 4.36. The van der Waals surface area contributed by atoms with Crippen LogP contribution in [0.4, 0.5) is 4.39 Å². The van der Waals surface area contributed by atoms with Crippen LogP contribution >= 0.6 is 0 Å². The van der Waals surface area contributed by atoms with Gasteiger partial charge >= 0.3 is 0 Å². The van der Waals surface area contributed by atoms with Crippen LogP contribution in [0.1, 0.15) is 25.3 Å². The molecule has 0 aliphatic rings. The lowest BCUT2D eigenvalue weighted by molar-refractivity contribution is -0.126. The number of hydrazine groups is 1. The molecule has 0 saturated heterocycles. The summed E-state index contributed by atoms with van der Waals surface area (Å²) < 4.78 is 13.1. The fourth-order valence-electron chi connectivity index (χ4n) is 1.95. The van der Waals surface area contributed by atoms with Crippen LogP contribution in [-0.2, 0) is 11.3 Å². The largest absolute Gasteiger partial charge is 0.293 e. The molecule has 0 radical (unpaired) electrons. The number of amides is 1. The molecule has 1 unspecified atom stereocenters. The summed E-state index contributed by atoms with van der Waals surface area (Å²) in [6.45, 7) is 2.52. The smallest absolute Gasteiger partial charge is 0.251 e. The van der Waals surface area contributed by atoms with E-state index in [1.165, 1.54) is 12.1 Å². The third-order valence-corrected chi connectivity index (χ3v) is 2.86. The molecule has 0 heterocycles. The standard InChI is InChI=1S/C13H20FN3O/c1-3-5-12(13(18)16-15)17(2)9-10-6-4-7-11(14)8-10/h4,6-8,12H,3,5,9,15H2,1-2H3,(H,16,18). The van der Waals surface area contributed by atoms with Gasteiger partial charge in [-0.1, -0.05) is 25.5 Å². The summed E-state index contributed by atoms with van der Waals surface area (Å²) in [7, 11) is 1.83. The van der Waals surface area contributed by atoms with Gasteiger partial charge in [-0.15, -0.1) is 0 Å². The number of rotatable bonds is 6. The van der Waals surface area contributed by atoms with Gasteiger partial charge in [-0.3, -0.25) is 15.1 Å². The number of nitrogens with two attached hydrogens (primary N) is 1. The first-order valence-electron chi connectivity index (χ1n) is 6.03. The van der Waals surface area contributed by atoms with E-state index >= 15 is 0 Å². The minimum Gasteiger partial charge on any atom is -0.293 e. The first-order chi connectivity index (χ1) is 8.58. The molecule has 0 aromatic heterocycles. The van der Waals surface area contributed by atoms with Gasteiger partial charge in [-0.2, -0.15) is 0 Å². The number of nitrogens with zero attached hydrogens (tertiary/aromatic N) is 1. The molecule has 0 fully saturated rings. The lowest BCUT2D eigenvalue weighted by Gasteiger charge is -2.26. The summed E-state index contributed by atoms with van der Waals surface area (Å²) >= 11 is 0. The molecule has 1 aromatic carbocycles. The van der Waals surface area contributed by atoms with Crippen LogP contribution in [0.25, 0.3) is 0 Å². The molecular weight excluding hydrogens is 233 g/mol. The average Bonchev–Trinajstić information content (AvgIpc) is 2.35. The molecule has 1 rings (SSSR count). The first-order valence-corrected chi connectivity index (χ1v) is 6.03. The van der Waals surface area contributed by atoms with E-state index in [4.69, 9.17) is 5.84 Å². The highest BCUT2D eigenvalue weighted by atomic mass is 19.1. The third-order valence-electron chi connectivity index (χ3n) is 2.86. The molecule has 100 valence electrons. The maximum absolute atomic E-state index is 13.1. The van der Waals surface area contributed by atoms with Crippen LogP contribution in [0.15, 0.2) is 24.3 Å². The van der Waals surface area contributed by atoms with E-state index in [0.29, 0.717) is 6.54 Å². The maximum atomic E-state index is 13.1. The minimum atomic E-state index is -0.289. The molecule has 3 N–H and O–H groups in total. The zero-order chi connectivity index (χ0) is 13.5. The fraction of sp³-hybridized carbons (Fsp3) is 0.462. The van der Waals surface area contributed by atoms with E-state index in [-0.39, 0.29) is 17.8 Å². The van der Waals surface area contributed by atoms with Gasteiger partial charge < -0.3 is 0 Å². The molecule has 0 spiro atoms. The topological polar surface area (TPSA) is 58.4 Å². The van der Waals surface area contributed by atoms with Crippen molar-refractivity contribution in [1.82, 2.24) is 10.3 Å². The lowest BCUT2D eigenvalue weighted by atomic mass is 10.1. The van der Waals surface area contributed by atoms with Crippen molar-refractivity contribution in [3.8, 4) is 0 Å². The van der Waals surface area contributed by atoms with Gasteiger partial charge in [0.25, 0.3) is 5.91 Å². The van der Waals surface area contributed by atoms with Crippen LogP contribution in [0.2, 0.25) is 0 Å². The average molecular weight is 253 g/mol. The van der Waals surface area contributed by atoms with Crippen molar-refractivity contribution < 1.29 is 9.18 Å². The summed E-state index contributed by atoms with van der Waals surface area (Å²) in [5, 5.41) is 0. The van der Waals surface area contributed by atoms with Crippen LogP contribution in [0.3, 0.4) is 0 Å². The number of benzene rings is 1. The van der Waals surface area contributed by atoms with E-state index in [0.717, 1.165) is 18.4 Å². The van der Waals surface area contributed by atoms with E-state index in [1.54, 1.807) is 6.07 Å². The van der Waals surface area contributed by atoms with Crippen molar-refractivity contribution in [1.29, 1.82) is 0 Å². The lowest BCUT2D eigenvalue weighted by Crippen LogP contribution is -2.47. The van der Waals surface area contributed by atoms with Crippen molar-refractivity contribution in [2.45, 2.75) is 32.4 Å². The van der Waals surface area contributed by atoms with Crippen molar-refractivity contribution in [3.63, 3.8) is 0 Å². The zero-order valence-corrected chi connectivity index (χ0v) is 10.8. The number of carbonyl (C=O) groups excluding carboxylic acids is 1. The van der Waals surface area contributed by atoms with Gasteiger partial charge in [0.1, 0.15) is 5.82 Å². The number of carbonyl (C=O) groups is 1. The highest BCUT2D eigenvalue weighted by Gasteiger charge is 2.21. The second kappa shape index (κ2) is 7.08. The Morgan fingerprint density at radius 2 is 2.28 bits per heavy atom. The van der Waals surface area contributed by atoms with Crippen molar-refractivity contribution in [2.24, 2.45) is 5.84 Å². The SMILES string of the molecule is CCCC(C(=O)NN)N(C)Cc1cccc(F)c1. The van der Waals surface area contributed by atoms with E-state index in [9.17, 15) is 9.18 Å². The Kier molecular flexibility index (Phi) is 5.74. The molecular formula is C13H20FN3O. The van der Waals surface area contributed by atoms with Gasteiger partial charge in [-0.25, -0.2) is 10.2 Å². The Labute approximate surface area is 107 Å². The number of nitrogens with one attached hydrogen (secondary N) is 1. The van der Waals surface area contributed by atoms with Crippen molar-refractivity contribution >= 4 is 5.91 Å². The Bertz CT molecular complexity index is 398. The van der Waals surface area contributed by atoms with Gasteiger partial charge in [0.15, 0.2) is 0 Å². The number of halogens is 1. The van der Waals surface area contributed by atoms with Crippen LogP contribution < -0.4 is 11.3 Å². The summed E-state index contributed by atoms with van der Waals surface area (Å²) in [6, 6.07) is 6.09. The molecule has 1 amide bonds. The number of hydrogen-bond acceptors (Lipinski definition) is 3. The molecule has 18 heavy (non-hydrogen) atoms. The highest BCUT2D eigenvalue weighted by molar-refractivity contribution is 5.81. The predicted molar refractivity (Wildman–Crippen MR) is 68.9 cm³/mol. The van der Waals surface area contributed by atoms with Gasteiger partial charge in [-0.05, 0) is 31.2 Å². The normalized spacial score (nSPS) is 12.5. The van der Waals surface area contributed by atoms with Gasteiger partial charge in [0.05, 0.1) is 6.04 Å². The molecule has 1 aromatic rings. The Morgan fingerprint density at radius 3 is 2.83 bits per heavy atom. The van der Waals surface area contributed by atoms with Gasteiger partial charge in [0.2, 0.25) is 0 Å². The van der Waals surface area contributed by atoms with E-state index < -0.39 is 0 Å². The molecule has 0 aliphatic heterocycles. The summed E-state index contributed by atoms with van der Waals surface area (Å²) in [6.07, 6.45) is 1.60. The molecule has 1 atom stereocenters. The molecule has 0 aliphatic carbocycles. The molecule has 0 bridgehead atoms. The Hall–Kier alpha value is -1.46. The Morgan fingerprint density at radius 1 is 1.56 bits per heavy atom. The second-order valence-electron chi connectivity index (χ2n) is 4.36. The molecule has 0 saturated carbocycles. The third kappa shape index (κ3) is 4.09. The monoisotopic (exact) mass is 253 g/mol. The summed E-state index contributed by atoms with van der Waals surface area (Å²) in [5.74, 6) is 4.69. The molecule has 5 heteroatoms. The first kappa shape index (κ1) is 14.6. The maximum Gasteiger partial charge on any atom is 0.251 e. The zero-order valence-electron chi connectivity index (χ0n) is 10.8. The molecule has 4 nitrogen and oxygen atoms in total. The van der Waals surface area contributed by atoms with E-state index in [2.05, 4.69) is 5.43 Å². The highest BCUT2D eigenvalue weighted by Crippen LogP contribution is 2.11. The van der Waals surface area contributed by atoms with Crippen molar-refractivity contribution in [2.75, 3.05) is 7.05 Å².